The number of carboxylic acid groups (broad SMARTS) is 1. The van der Waals surface area contributed by atoms with Crippen molar-refractivity contribution in [3.63, 3.8) is 0 Å². The monoisotopic (exact) mass is 769 g/mol. The van der Waals surface area contributed by atoms with E-state index in [0.29, 0.717) is 22.2 Å². The molecule has 2 aromatic heterocycles. The normalized spacial score (nSPS) is 17.3. The van der Waals surface area contributed by atoms with E-state index in [4.69, 9.17) is 9.82 Å². The fourth-order valence-electron chi connectivity index (χ4n) is 6.20. The molecule has 0 spiro atoms. The summed E-state index contributed by atoms with van der Waals surface area (Å²) in [5.74, 6) is -1.68. The first-order valence-corrected chi connectivity index (χ1v) is 19.6. The van der Waals surface area contributed by atoms with Crippen LogP contribution in [0, 0.1) is 6.92 Å². The number of hydrogen-bond acceptors (Lipinski definition) is 13. The highest BCUT2D eigenvalue weighted by Gasteiger charge is 2.54. The number of fused-ring (bicyclic) bond motifs is 1. The van der Waals surface area contributed by atoms with Crippen molar-refractivity contribution in [2.24, 2.45) is 5.16 Å². The minimum absolute atomic E-state index is 0.0627. The molecule has 4 heterocycles. The van der Waals surface area contributed by atoms with Crippen LogP contribution in [-0.2, 0) is 24.8 Å². The number of carboxylic acids is 1. The summed E-state index contributed by atoms with van der Waals surface area (Å²) in [6.45, 7) is 1.90. The average Bonchev–Trinajstić information content (AvgIpc) is 3.82. The van der Waals surface area contributed by atoms with Gasteiger partial charge in [-0.1, -0.05) is 112 Å². The van der Waals surface area contributed by atoms with E-state index in [1.807, 2.05) is 61.5 Å². The van der Waals surface area contributed by atoms with Crippen molar-refractivity contribution in [3.8, 4) is 0 Å². The molecular weight excluding hydrogens is 739 g/mol. The fraction of sp³-hybridized carbons (Fsp3) is 0.194. The molecule has 0 saturated carbocycles. The van der Waals surface area contributed by atoms with Gasteiger partial charge < -0.3 is 20.6 Å². The third-order valence-electron chi connectivity index (χ3n) is 8.59. The molecule has 1 saturated heterocycles. The molecule has 12 nitrogen and oxygen atoms in total. The molecule has 1 fully saturated rings. The number of oxime groups is 1. The number of thiazole rings is 1. The molecule has 0 radical (unpaired) electrons. The molecule has 2 aliphatic rings. The lowest BCUT2D eigenvalue weighted by molar-refractivity contribution is -0.150. The summed E-state index contributed by atoms with van der Waals surface area (Å²) in [5, 5.41) is 27.0. The molecule has 5 aromatic rings. The predicted octanol–water partition coefficient (Wildman–Crippen LogP) is 5.59. The molecule has 0 aliphatic carbocycles. The largest absolute Gasteiger partial charge is 0.477 e. The Labute approximate surface area is 315 Å². The van der Waals surface area contributed by atoms with Gasteiger partial charge in [-0.3, -0.25) is 14.5 Å². The van der Waals surface area contributed by atoms with Crippen LogP contribution in [0.1, 0.15) is 27.3 Å². The number of amides is 2. The van der Waals surface area contributed by atoms with E-state index in [1.54, 1.807) is 5.38 Å². The van der Waals surface area contributed by atoms with Gasteiger partial charge in [-0.2, -0.15) is 0 Å². The minimum Gasteiger partial charge on any atom is -0.477 e. The molecule has 16 heteroatoms. The molecule has 7 rings (SSSR count). The van der Waals surface area contributed by atoms with E-state index in [1.165, 1.54) is 58.4 Å². The Morgan fingerprint density at radius 1 is 1.02 bits per heavy atom. The Morgan fingerprint density at radius 3 is 2.17 bits per heavy atom. The zero-order valence-electron chi connectivity index (χ0n) is 27.8. The Bertz CT molecular complexity index is 2060. The van der Waals surface area contributed by atoms with Gasteiger partial charge in [-0.15, -0.1) is 28.2 Å². The van der Waals surface area contributed by atoms with Crippen LogP contribution in [-0.4, -0.2) is 78.1 Å². The van der Waals surface area contributed by atoms with Crippen molar-refractivity contribution in [2.75, 3.05) is 23.9 Å². The highest BCUT2D eigenvalue weighted by molar-refractivity contribution is 8.01. The van der Waals surface area contributed by atoms with Crippen LogP contribution < -0.4 is 10.6 Å². The number of carbonyl (C=O) groups excluding carboxylic acids is 2. The molecule has 264 valence electrons. The standard InChI is InChI=1S/C36H31N7O5S4/c1-21-31(40-42-52-21)49-18-22-19-50-33-28(32(45)43(33)29(22)34(46)47)38-30(44)27(41-48-2)26-20-51-35(37-26)39-36(23-12-6-3-7-13-23,24-14-8-4-9-15-24)25-16-10-5-11-17-25/h3-17,20,28,33H,18-19H2,1-2H3,(H,37,39)(H,38,44)(H,46,47)/t28-,33-/m1/s1. The van der Waals surface area contributed by atoms with E-state index in [2.05, 4.69) is 61.8 Å². The smallest absolute Gasteiger partial charge is 0.352 e. The van der Waals surface area contributed by atoms with Crippen LogP contribution in [0.25, 0.3) is 0 Å². The molecular formula is C36H31N7O5S4. The third kappa shape index (κ3) is 6.69. The molecule has 0 unspecified atom stereocenters. The summed E-state index contributed by atoms with van der Waals surface area (Å²) in [5.41, 5.74) is 2.77. The quantitative estimate of drug-likeness (QED) is 0.0451. The Kier molecular flexibility index (Phi) is 10.4. The number of aromatic nitrogens is 3. The maximum absolute atomic E-state index is 13.8. The molecule has 3 aromatic carbocycles. The molecule has 2 atom stereocenters. The maximum atomic E-state index is 13.8. The van der Waals surface area contributed by atoms with Gasteiger partial charge in [0.15, 0.2) is 10.8 Å². The predicted molar refractivity (Wildman–Crippen MR) is 204 cm³/mol. The third-order valence-corrected chi connectivity index (χ3v) is 12.6. The Balaban J connectivity index is 1.13. The van der Waals surface area contributed by atoms with Gasteiger partial charge in [0.25, 0.3) is 11.8 Å². The Morgan fingerprint density at radius 2 is 1.63 bits per heavy atom. The molecule has 2 amide bonds. The fourth-order valence-corrected chi connectivity index (χ4v) is 9.98. The summed E-state index contributed by atoms with van der Waals surface area (Å²) >= 11 is 5.34. The minimum atomic E-state index is -1.20. The molecule has 52 heavy (non-hydrogen) atoms. The number of carbonyl (C=O) groups is 3. The summed E-state index contributed by atoms with van der Waals surface area (Å²) in [6.07, 6.45) is 0. The maximum Gasteiger partial charge on any atom is 0.352 e. The van der Waals surface area contributed by atoms with E-state index in [0.717, 1.165) is 26.6 Å². The number of hydrogen-bond donors (Lipinski definition) is 3. The van der Waals surface area contributed by atoms with E-state index in [9.17, 15) is 19.5 Å². The number of nitrogens with one attached hydrogen (secondary N) is 2. The van der Waals surface area contributed by atoms with E-state index in [-0.39, 0.29) is 17.1 Å². The van der Waals surface area contributed by atoms with E-state index >= 15 is 0 Å². The second-order valence-electron chi connectivity index (χ2n) is 11.7. The van der Waals surface area contributed by atoms with Crippen LogP contribution in [0.2, 0.25) is 0 Å². The topological polar surface area (TPSA) is 159 Å². The first-order valence-electron chi connectivity index (χ1n) is 16.0. The first-order chi connectivity index (χ1) is 25.3. The van der Waals surface area contributed by atoms with Gasteiger partial charge in [0.1, 0.15) is 40.5 Å². The summed E-state index contributed by atoms with van der Waals surface area (Å²) in [7, 11) is 1.32. The number of aliphatic carboxylic acids is 1. The van der Waals surface area contributed by atoms with Gasteiger partial charge in [0.05, 0.1) is 4.88 Å². The molecule has 0 bridgehead atoms. The van der Waals surface area contributed by atoms with Crippen LogP contribution >= 0.6 is 46.4 Å². The van der Waals surface area contributed by atoms with Gasteiger partial charge in [0, 0.05) is 16.9 Å². The van der Waals surface area contributed by atoms with Gasteiger partial charge in [-0.05, 0) is 40.7 Å². The van der Waals surface area contributed by atoms with Crippen molar-refractivity contribution in [1.82, 2.24) is 24.8 Å². The zero-order chi connectivity index (χ0) is 36.2. The number of nitrogens with zero attached hydrogens (tertiary/aromatic N) is 5. The van der Waals surface area contributed by atoms with Crippen LogP contribution in [0.15, 0.2) is 118 Å². The first kappa shape index (κ1) is 35.4. The van der Waals surface area contributed by atoms with Crippen molar-refractivity contribution < 1.29 is 24.3 Å². The lowest BCUT2D eigenvalue weighted by atomic mass is 9.77. The zero-order valence-corrected chi connectivity index (χ0v) is 31.0. The summed E-state index contributed by atoms with van der Waals surface area (Å²) in [6, 6.07) is 29.2. The summed E-state index contributed by atoms with van der Waals surface area (Å²) in [4.78, 5) is 51.6. The van der Waals surface area contributed by atoms with Crippen molar-refractivity contribution in [1.29, 1.82) is 0 Å². The van der Waals surface area contributed by atoms with Crippen LogP contribution in [0.4, 0.5) is 5.13 Å². The van der Waals surface area contributed by atoms with Crippen molar-refractivity contribution in [3.05, 3.63) is 135 Å². The highest BCUT2D eigenvalue weighted by Crippen LogP contribution is 2.43. The number of benzene rings is 3. The SMILES string of the molecule is CON=C(C(=O)N[C@@H]1C(=O)N2C(C(=O)O)=C(CSc3nnsc3C)CS[C@H]12)c1csc(NC(c2ccccc2)(c2ccccc2)c2ccccc2)n1. The van der Waals surface area contributed by atoms with Gasteiger partial charge in [-0.25, -0.2) is 9.78 Å². The Hall–Kier alpha value is -5.03. The van der Waals surface area contributed by atoms with Crippen molar-refractivity contribution in [2.45, 2.75) is 28.9 Å². The number of thioether (sulfide) groups is 2. The lowest BCUT2D eigenvalue weighted by Gasteiger charge is -2.49. The van der Waals surface area contributed by atoms with E-state index < -0.39 is 34.7 Å². The number of anilines is 1. The number of aryl methyl sites for hydroxylation is 1. The second kappa shape index (κ2) is 15.3. The van der Waals surface area contributed by atoms with Gasteiger partial charge >= 0.3 is 5.97 Å². The highest BCUT2D eigenvalue weighted by atomic mass is 32.2. The van der Waals surface area contributed by atoms with Crippen LogP contribution in [0.3, 0.4) is 0 Å². The second-order valence-corrected chi connectivity index (χ2v) is 15.6. The van der Waals surface area contributed by atoms with Gasteiger partial charge in [0.2, 0.25) is 0 Å². The lowest BCUT2D eigenvalue weighted by Crippen LogP contribution is -2.71. The van der Waals surface area contributed by atoms with Crippen molar-refractivity contribution >= 4 is 75.0 Å². The van der Waals surface area contributed by atoms with Crippen LogP contribution in [0.5, 0.6) is 0 Å². The molecule has 2 aliphatic heterocycles. The average molecular weight is 770 g/mol. The number of rotatable bonds is 13. The molecule has 3 N–H and O–H groups in total. The summed E-state index contributed by atoms with van der Waals surface area (Å²) < 4.78 is 3.93. The number of β-lactam (4-membered cyclic amide) rings is 1.